The number of benzene rings is 2. The molecule has 0 saturated carbocycles. The second kappa shape index (κ2) is 5.35. The Bertz CT molecular complexity index is 790. The second-order valence-corrected chi connectivity index (χ2v) is 7.78. The lowest BCUT2D eigenvalue weighted by Gasteiger charge is -2.09. The van der Waals surface area contributed by atoms with Crippen molar-refractivity contribution < 1.29 is 8.42 Å². The van der Waals surface area contributed by atoms with Crippen LogP contribution in [0.2, 0.25) is 0 Å². The van der Waals surface area contributed by atoms with E-state index in [2.05, 4.69) is 32.9 Å². The van der Waals surface area contributed by atoms with E-state index in [1.54, 1.807) is 30.3 Å². The van der Waals surface area contributed by atoms with Crippen molar-refractivity contribution in [2.24, 2.45) is 0 Å². The van der Waals surface area contributed by atoms with Crippen molar-refractivity contribution >= 4 is 37.3 Å². The quantitative estimate of drug-likeness (QED) is 0.872. The molecule has 2 aromatic rings. The molecule has 1 aliphatic heterocycles. The minimum Gasteiger partial charge on any atom is -0.382 e. The molecule has 0 fully saturated rings. The van der Waals surface area contributed by atoms with Crippen LogP contribution in [0.15, 0.2) is 51.8 Å². The van der Waals surface area contributed by atoms with Crippen LogP contribution in [0.25, 0.3) is 0 Å². The minimum absolute atomic E-state index is 0.289. The molecule has 0 saturated heterocycles. The van der Waals surface area contributed by atoms with Crippen molar-refractivity contribution in [3.63, 3.8) is 0 Å². The summed E-state index contributed by atoms with van der Waals surface area (Å²) in [6.45, 7) is 2.08. The highest BCUT2D eigenvalue weighted by Crippen LogP contribution is 2.29. The van der Waals surface area contributed by atoms with Crippen molar-refractivity contribution in [3.8, 4) is 0 Å². The zero-order chi connectivity index (χ0) is 15.0. The third kappa shape index (κ3) is 3.06. The summed E-state index contributed by atoms with van der Waals surface area (Å²) in [5.41, 5.74) is 2.60. The summed E-state index contributed by atoms with van der Waals surface area (Å²) in [5, 5.41) is 3.31. The zero-order valence-electron chi connectivity index (χ0n) is 11.4. The van der Waals surface area contributed by atoms with Gasteiger partial charge in [-0.05, 0) is 55.3 Å². The first kappa shape index (κ1) is 14.4. The van der Waals surface area contributed by atoms with E-state index in [9.17, 15) is 8.42 Å². The summed E-state index contributed by atoms with van der Waals surface area (Å²) in [6.07, 6.45) is 0.843. The van der Waals surface area contributed by atoms with Crippen LogP contribution < -0.4 is 10.0 Å². The molecule has 0 spiro atoms. The molecule has 2 aromatic carbocycles. The number of hydrogen-bond acceptors (Lipinski definition) is 3. The van der Waals surface area contributed by atoms with E-state index < -0.39 is 10.0 Å². The maximum Gasteiger partial charge on any atom is 0.261 e. The predicted octanol–water partition coefficient (Wildman–Crippen LogP) is 3.61. The number of rotatable bonds is 3. The summed E-state index contributed by atoms with van der Waals surface area (Å²) < 4.78 is 28.3. The topological polar surface area (TPSA) is 58.2 Å². The van der Waals surface area contributed by atoms with E-state index in [4.69, 9.17) is 0 Å². The van der Waals surface area contributed by atoms with Crippen molar-refractivity contribution in [1.29, 1.82) is 0 Å². The molecule has 0 aromatic heterocycles. The number of anilines is 2. The molecular weight excluding hydrogens is 352 g/mol. The Kier molecular flexibility index (Phi) is 3.67. The van der Waals surface area contributed by atoms with Gasteiger partial charge in [-0.15, -0.1) is 0 Å². The predicted molar refractivity (Wildman–Crippen MR) is 88.2 cm³/mol. The maximum atomic E-state index is 12.4. The highest BCUT2D eigenvalue weighted by molar-refractivity contribution is 9.10. The third-order valence-electron chi connectivity index (χ3n) is 3.39. The largest absolute Gasteiger partial charge is 0.382 e. The number of hydrogen-bond donors (Lipinski definition) is 2. The van der Waals surface area contributed by atoms with Crippen LogP contribution in [0.4, 0.5) is 11.4 Å². The molecule has 21 heavy (non-hydrogen) atoms. The van der Waals surface area contributed by atoms with Gasteiger partial charge >= 0.3 is 0 Å². The van der Waals surface area contributed by atoms with Gasteiger partial charge in [-0.2, -0.15) is 0 Å². The van der Waals surface area contributed by atoms with Gasteiger partial charge in [0.15, 0.2) is 0 Å². The van der Waals surface area contributed by atoms with Crippen molar-refractivity contribution in [3.05, 3.63) is 52.5 Å². The van der Waals surface area contributed by atoms with Crippen LogP contribution in [0.5, 0.6) is 0 Å². The van der Waals surface area contributed by atoms with Gasteiger partial charge in [0.05, 0.1) is 4.90 Å². The van der Waals surface area contributed by atoms with Gasteiger partial charge in [-0.25, -0.2) is 8.42 Å². The standard InChI is InChI=1S/C15H15BrN2O2S/c1-10-7-11-8-14(5-6-15(11)17-10)21(19,20)18-13-4-2-3-12(16)9-13/h2-6,8-10,17-18H,7H2,1H3/t10-/m0/s1. The van der Waals surface area contributed by atoms with Crippen LogP contribution in [0.3, 0.4) is 0 Å². The van der Waals surface area contributed by atoms with Crippen LogP contribution in [0.1, 0.15) is 12.5 Å². The van der Waals surface area contributed by atoms with Gasteiger partial charge < -0.3 is 5.32 Å². The van der Waals surface area contributed by atoms with Gasteiger partial charge in [0.25, 0.3) is 10.0 Å². The summed E-state index contributed by atoms with van der Waals surface area (Å²) in [5.74, 6) is 0. The fourth-order valence-electron chi connectivity index (χ4n) is 2.46. The van der Waals surface area contributed by atoms with E-state index in [-0.39, 0.29) is 4.90 Å². The van der Waals surface area contributed by atoms with Crippen molar-refractivity contribution in [2.75, 3.05) is 10.0 Å². The lowest BCUT2D eigenvalue weighted by Crippen LogP contribution is -2.13. The fourth-order valence-corrected chi connectivity index (χ4v) is 3.96. The maximum absolute atomic E-state index is 12.4. The number of fused-ring (bicyclic) bond motifs is 1. The average Bonchev–Trinajstić information content (AvgIpc) is 2.77. The van der Waals surface area contributed by atoms with Gasteiger partial charge in [-0.3, -0.25) is 4.72 Å². The van der Waals surface area contributed by atoms with Gasteiger partial charge in [0, 0.05) is 21.9 Å². The van der Waals surface area contributed by atoms with Crippen LogP contribution in [0, 0.1) is 0 Å². The summed E-state index contributed by atoms with van der Waals surface area (Å²) >= 11 is 3.33. The lowest BCUT2D eigenvalue weighted by molar-refractivity contribution is 0.601. The molecule has 0 unspecified atom stereocenters. The SMILES string of the molecule is C[C@H]1Cc2cc(S(=O)(=O)Nc3cccc(Br)c3)ccc2N1. The molecule has 1 atom stereocenters. The Morgan fingerprint density at radius 2 is 2.05 bits per heavy atom. The molecular formula is C15H15BrN2O2S. The van der Waals surface area contributed by atoms with Gasteiger partial charge in [0.2, 0.25) is 0 Å². The molecule has 4 nitrogen and oxygen atoms in total. The smallest absolute Gasteiger partial charge is 0.261 e. The van der Waals surface area contributed by atoms with E-state index in [0.717, 1.165) is 22.1 Å². The number of sulfonamides is 1. The molecule has 0 radical (unpaired) electrons. The first-order chi connectivity index (χ1) is 9.94. The number of nitrogens with one attached hydrogen (secondary N) is 2. The molecule has 0 aliphatic carbocycles. The molecule has 6 heteroatoms. The van der Waals surface area contributed by atoms with Crippen LogP contribution in [-0.2, 0) is 16.4 Å². The second-order valence-electron chi connectivity index (χ2n) is 5.18. The van der Waals surface area contributed by atoms with E-state index in [1.165, 1.54) is 0 Å². The molecule has 1 aliphatic rings. The highest BCUT2D eigenvalue weighted by atomic mass is 79.9. The molecule has 110 valence electrons. The Hall–Kier alpha value is -1.53. The van der Waals surface area contributed by atoms with Crippen molar-refractivity contribution in [2.45, 2.75) is 24.3 Å². The third-order valence-corrected chi connectivity index (χ3v) is 5.26. The zero-order valence-corrected chi connectivity index (χ0v) is 13.8. The molecule has 0 amide bonds. The average molecular weight is 367 g/mol. The van der Waals surface area contributed by atoms with Crippen LogP contribution in [-0.4, -0.2) is 14.5 Å². The van der Waals surface area contributed by atoms with E-state index >= 15 is 0 Å². The Balaban J connectivity index is 1.91. The Labute approximate surface area is 132 Å². The molecule has 1 heterocycles. The number of halogens is 1. The summed E-state index contributed by atoms with van der Waals surface area (Å²) in [7, 11) is -3.57. The molecule has 2 N–H and O–H groups in total. The summed E-state index contributed by atoms with van der Waals surface area (Å²) in [4.78, 5) is 0.289. The minimum atomic E-state index is -3.57. The van der Waals surface area contributed by atoms with Crippen molar-refractivity contribution in [1.82, 2.24) is 0 Å². The van der Waals surface area contributed by atoms with Gasteiger partial charge in [0.1, 0.15) is 0 Å². The van der Waals surface area contributed by atoms with E-state index in [1.807, 2.05) is 12.1 Å². The normalized spacial score (nSPS) is 17.1. The Morgan fingerprint density at radius 1 is 1.24 bits per heavy atom. The van der Waals surface area contributed by atoms with Gasteiger partial charge in [-0.1, -0.05) is 22.0 Å². The van der Waals surface area contributed by atoms with E-state index in [0.29, 0.717) is 11.7 Å². The molecule has 0 bridgehead atoms. The first-order valence-electron chi connectivity index (χ1n) is 6.62. The van der Waals surface area contributed by atoms with Crippen LogP contribution >= 0.6 is 15.9 Å². The monoisotopic (exact) mass is 366 g/mol. The molecule has 3 rings (SSSR count). The highest BCUT2D eigenvalue weighted by Gasteiger charge is 2.21. The summed E-state index contributed by atoms with van der Waals surface area (Å²) in [6, 6.07) is 12.6. The lowest BCUT2D eigenvalue weighted by atomic mass is 10.1. The first-order valence-corrected chi connectivity index (χ1v) is 8.89. The Morgan fingerprint density at radius 3 is 2.81 bits per heavy atom. The fraction of sp³-hybridized carbons (Fsp3) is 0.200.